The summed E-state index contributed by atoms with van der Waals surface area (Å²) in [5.41, 5.74) is 0.482. The number of amides is 1. The number of carbonyl (C=O) groups is 1. The van der Waals surface area contributed by atoms with E-state index in [1.807, 2.05) is 30.3 Å². The van der Waals surface area contributed by atoms with Crippen molar-refractivity contribution in [1.29, 1.82) is 0 Å². The Morgan fingerprint density at radius 3 is 2.67 bits per heavy atom. The normalized spacial score (nSPS) is 10.2. The molecular formula is C16H15ClFNO2. The molecule has 3 nitrogen and oxygen atoms in total. The highest BCUT2D eigenvalue weighted by Gasteiger charge is 2.05. The van der Waals surface area contributed by atoms with Gasteiger partial charge in [-0.3, -0.25) is 4.79 Å². The standard InChI is InChI=1S/C16H15ClFNO2/c17-14-11-12(8-9-15(14)18)19-16(20)7-4-10-21-13-5-2-1-3-6-13/h1-3,5-6,8-9,11H,4,7,10H2,(H,19,20). The summed E-state index contributed by atoms with van der Waals surface area (Å²) in [4.78, 5) is 11.7. The topological polar surface area (TPSA) is 38.3 Å². The number of para-hydroxylation sites is 1. The minimum Gasteiger partial charge on any atom is -0.494 e. The predicted molar refractivity (Wildman–Crippen MR) is 81.2 cm³/mol. The monoisotopic (exact) mass is 307 g/mol. The van der Waals surface area contributed by atoms with E-state index in [2.05, 4.69) is 5.32 Å². The maximum Gasteiger partial charge on any atom is 0.224 e. The molecule has 0 aromatic heterocycles. The largest absolute Gasteiger partial charge is 0.494 e. The molecule has 1 N–H and O–H groups in total. The van der Waals surface area contributed by atoms with Gasteiger partial charge in [0.15, 0.2) is 0 Å². The number of carbonyl (C=O) groups excluding carboxylic acids is 1. The Labute approximate surface area is 127 Å². The molecule has 0 bridgehead atoms. The molecule has 5 heteroatoms. The van der Waals surface area contributed by atoms with Gasteiger partial charge in [0.25, 0.3) is 0 Å². The number of anilines is 1. The molecule has 0 saturated carbocycles. The van der Waals surface area contributed by atoms with Gasteiger partial charge < -0.3 is 10.1 Å². The minimum absolute atomic E-state index is 0.0137. The van der Waals surface area contributed by atoms with Gasteiger partial charge >= 0.3 is 0 Å². The van der Waals surface area contributed by atoms with Gasteiger partial charge in [-0.1, -0.05) is 29.8 Å². The molecule has 0 aliphatic heterocycles. The van der Waals surface area contributed by atoms with E-state index in [-0.39, 0.29) is 10.9 Å². The zero-order valence-corrected chi connectivity index (χ0v) is 12.1. The maximum atomic E-state index is 13.0. The molecule has 0 spiro atoms. The first kappa shape index (κ1) is 15.3. The van der Waals surface area contributed by atoms with E-state index in [1.54, 1.807) is 0 Å². The highest BCUT2D eigenvalue weighted by atomic mass is 35.5. The summed E-state index contributed by atoms with van der Waals surface area (Å²) in [5, 5.41) is 2.65. The van der Waals surface area contributed by atoms with Crippen LogP contribution in [0.5, 0.6) is 5.75 Å². The highest BCUT2D eigenvalue weighted by Crippen LogP contribution is 2.19. The first-order valence-electron chi connectivity index (χ1n) is 6.58. The number of rotatable bonds is 6. The molecule has 0 unspecified atom stereocenters. The van der Waals surface area contributed by atoms with Crippen LogP contribution in [0.4, 0.5) is 10.1 Å². The van der Waals surface area contributed by atoms with Crippen molar-refractivity contribution in [3.63, 3.8) is 0 Å². The van der Waals surface area contributed by atoms with Gasteiger partial charge in [0, 0.05) is 12.1 Å². The van der Waals surface area contributed by atoms with E-state index in [0.29, 0.717) is 25.1 Å². The maximum absolute atomic E-state index is 13.0. The van der Waals surface area contributed by atoms with Gasteiger partial charge in [0.2, 0.25) is 5.91 Å². The van der Waals surface area contributed by atoms with Crippen LogP contribution in [0.15, 0.2) is 48.5 Å². The molecule has 0 radical (unpaired) electrons. The van der Waals surface area contributed by atoms with Crippen molar-refractivity contribution in [2.24, 2.45) is 0 Å². The Kier molecular flexibility index (Phi) is 5.58. The number of hydrogen-bond donors (Lipinski definition) is 1. The highest BCUT2D eigenvalue weighted by molar-refractivity contribution is 6.31. The first-order chi connectivity index (χ1) is 10.1. The fourth-order valence-corrected chi connectivity index (χ4v) is 1.92. The molecule has 0 heterocycles. The summed E-state index contributed by atoms with van der Waals surface area (Å²) in [5.74, 6) is 0.114. The van der Waals surface area contributed by atoms with Crippen LogP contribution in [-0.2, 0) is 4.79 Å². The van der Waals surface area contributed by atoms with E-state index in [4.69, 9.17) is 16.3 Å². The molecule has 1 amide bonds. The number of benzene rings is 2. The smallest absolute Gasteiger partial charge is 0.224 e. The SMILES string of the molecule is O=C(CCCOc1ccccc1)Nc1ccc(F)c(Cl)c1. The van der Waals surface area contributed by atoms with Crippen molar-refractivity contribution >= 4 is 23.2 Å². The zero-order chi connectivity index (χ0) is 15.1. The molecule has 2 rings (SSSR count). The fourth-order valence-electron chi connectivity index (χ4n) is 1.74. The Bertz CT molecular complexity index is 604. The summed E-state index contributed by atoms with van der Waals surface area (Å²) in [6, 6.07) is 13.5. The molecule has 0 aliphatic carbocycles. The molecule has 21 heavy (non-hydrogen) atoms. The van der Waals surface area contributed by atoms with E-state index in [1.165, 1.54) is 18.2 Å². The number of halogens is 2. The Balaban J connectivity index is 1.71. The van der Waals surface area contributed by atoms with Crippen LogP contribution in [0.3, 0.4) is 0 Å². The molecule has 0 atom stereocenters. The Morgan fingerprint density at radius 2 is 1.95 bits per heavy atom. The van der Waals surface area contributed by atoms with Crippen LogP contribution in [0.2, 0.25) is 5.02 Å². The van der Waals surface area contributed by atoms with Crippen LogP contribution in [0.1, 0.15) is 12.8 Å². The van der Waals surface area contributed by atoms with Crippen molar-refractivity contribution in [2.75, 3.05) is 11.9 Å². The third-order valence-electron chi connectivity index (χ3n) is 2.76. The molecule has 0 saturated heterocycles. The summed E-state index contributed by atoms with van der Waals surface area (Å²) >= 11 is 5.65. The van der Waals surface area contributed by atoms with Gasteiger partial charge in [-0.05, 0) is 36.8 Å². The van der Waals surface area contributed by atoms with Gasteiger partial charge in [0.1, 0.15) is 11.6 Å². The number of ether oxygens (including phenoxy) is 1. The second-order valence-corrected chi connectivity index (χ2v) is 4.85. The van der Waals surface area contributed by atoms with Gasteiger partial charge in [-0.2, -0.15) is 0 Å². The second-order valence-electron chi connectivity index (χ2n) is 4.44. The lowest BCUT2D eigenvalue weighted by Gasteiger charge is -2.07. The quantitative estimate of drug-likeness (QED) is 0.809. The molecule has 110 valence electrons. The van der Waals surface area contributed by atoms with E-state index in [0.717, 1.165) is 5.75 Å². The summed E-state index contributed by atoms with van der Waals surface area (Å²) < 4.78 is 18.5. The molecular weight excluding hydrogens is 293 g/mol. The van der Waals surface area contributed by atoms with Gasteiger partial charge in [-0.15, -0.1) is 0 Å². The Hall–Kier alpha value is -2.07. The summed E-state index contributed by atoms with van der Waals surface area (Å²) in [7, 11) is 0. The predicted octanol–water partition coefficient (Wildman–Crippen LogP) is 4.28. The van der Waals surface area contributed by atoms with Gasteiger partial charge in [-0.25, -0.2) is 4.39 Å². The van der Waals surface area contributed by atoms with Crippen LogP contribution in [0.25, 0.3) is 0 Å². The minimum atomic E-state index is -0.508. The Morgan fingerprint density at radius 1 is 1.19 bits per heavy atom. The zero-order valence-electron chi connectivity index (χ0n) is 11.3. The third kappa shape index (κ3) is 5.08. The van der Waals surface area contributed by atoms with Crippen molar-refractivity contribution in [3.8, 4) is 5.75 Å². The number of hydrogen-bond acceptors (Lipinski definition) is 2. The molecule has 2 aromatic carbocycles. The lowest BCUT2D eigenvalue weighted by Crippen LogP contribution is -2.12. The second kappa shape index (κ2) is 7.64. The van der Waals surface area contributed by atoms with Crippen molar-refractivity contribution in [3.05, 3.63) is 59.4 Å². The lowest BCUT2D eigenvalue weighted by molar-refractivity contribution is -0.116. The average molecular weight is 308 g/mol. The summed E-state index contributed by atoms with van der Waals surface area (Å²) in [6.07, 6.45) is 0.914. The molecule has 0 aliphatic rings. The van der Waals surface area contributed by atoms with Crippen LogP contribution < -0.4 is 10.1 Å². The molecule has 0 fully saturated rings. The van der Waals surface area contributed by atoms with Gasteiger partial charge in [0.05, 0.1) is 11.6 Å². The van der Waals surface area contributed by atoms with Crippen molar-refractivity contribution in [2.45, 2.75) is 12.8 Å². The van der Waals surface area contributed by atoms with E-state index in [9.17, 15) is 9.18 Å². The van der Waals surface area contributed by atoms with Crippen molar-refractivity contribution < 1.29 is 13.9 Å². The summed E-state index contributed by atoms with van der Waals surface area (Å²) in [6.45, 7) is 0.460. The lowest BCUT2D eigenvalue weighted by atomic mass is 10.2. The van der Waals surface area contributed by atoms with Crippen LogP contribution in [-0.4, -0.2) is 12.5 Å². The van der Waals surface area contributed by atoms with E-state index >= 15 is 0 Å². The van der Waals surface area contributed by atoms with Crippen molar-refractivity contribution in [1.82, 2.24) is 0 Å². The van der Waals surface area contributed by atoms with Crippen LogP contribution in [0, 0.1) is 5.82 Å². The third-order valence-corrected chi connectivity index (χ3v) is 3.05. The molecule has 2 aromatic rings. The average Bonchev–Trinajstić information content (AvgIpc) is 2.49. The fraction of sp³-hybridized carbons (Fsp3) is 0.188. The van der Waals surface area contributed by atoms with E-state index < -0.39 is 5.82 Å². The van der Waals surface area contributed by atoms with Crippen LogP contribution >= 0.6 is 11.6 Å². The number of nitrogens with one attached hydrogen (secondary N) is 1. The first-order valence-corrected chi connectivity index (χ1v) is 6.96.